The van der Waals surface area contributed by atoms with Crippen molar-refractivity contribution in [3.05, 3.63) is 51.1 Å². The molecule has 1 N–H and O–H groups in total. The molecule has 0 aliphatic carbocycles. The highest BCUT2D eigenvalue weighted by molar-refractivity contribution is 14.1. The number of halogens is 3. The zero-order valence-corrected chi connectivity index (χ0v) is 14.0. The van der Waals surface area contributed by atoms with E-state index in [0.717, 1.165) is 17.7 Å². The number of hydrogen-bond donors (Lipinski definition) is 1. The highest BCUT2D eigenvalue weighted by atomic mass is 127. The Morgan fingerprint density at radius 3 is 2.43 bits per heavy atom. The second-order valence-electron chi connectivity index (χ2n) is 4.96. The molecule has 120 valence electrons. The van der Waals surface area contributed by atoms with Crippen molar-refractivity contribution in [3.63, 3.8) is 0 Å². The lowest BCUT2D eigenvalue weighted by atomic mass is 10.1. The van der Waals surface area contributed by atoms with Gasteiger partial charge in [-0.3, -0.25) is 4.79 Å². The van der Waals surface area contributed by atoms with Gasteiger partial charge in [0.25, 0.3) is 0 Å². The molecule has 2 aromatic rings. The van der Waals surface area contributed by atoms with Crippen molar-refractivity contribution >= 4 is 34.2 Å². The summed E-state index contributed by atoms with van der Waals surface area (Å²) >= 11 is 1.57. The summed E-state index contributed by atoms with van der Waals surface area (Å²) in [6.45, 7) is 0.959. The highest BCUT2D eigenvalue weighted by Crippen LogP contribution is 2.31. The molecule has 0 saturated carbocycles. The third-order valence-electron chi connectivity index (χ3n) is 3.24. The number of ether oxygens (including phenoxy) is 2. The number of amides is 1. The molecular weight excluding hydrogens is 419 g/mol. The van der Waals surface area contributed by atoms with Crippen molar-refractivity contribution in [1.82, 2.24) is 0 Å². The van der Waals surface area contributed by atoms with Crippen molar-refractivity contribution in [2.45, 2.75) is 6.42 Å². The molecule has 0 unspecified atom stereocenters. The average molecular weight is 431 g/mol. The van der Waals surface area contributed by atoms with Gasteiger partial charge < -0.3 is 14.8 Å². The quantitative estimate of drug-likeness (QED) is 0.598. The molecule has 1 amide bonds. The van der Waals surface area contributed by atoms with Crippen molar-refractivity contribution < 1.29 is 23.0 Å². The Morgan fingerprint density at radius 1 is 1.09 bits per heavy atom. The Balaban J connectivity index is 1.70. The van der Waals surface area contributed by atoms with E-state index in [1.54, 1.807) is 40.8 Å². The Hall–Kier alpha value is -1.90. The van der Waals surface area contributed by atoms with E-state index in [4.69, 9.17) is 9.47 Å². The van der Waals surface area contributed by atoms with E-state index in [1.165, 1.54) is 0 Å². The van der Waals surface area contributed by atoms with Gasteiger partial charge in [-0.15, -0.1) is 0 Å². The Morgan fingerprint density at radius 2 is 1.74 bits per heavy atom. The van der Waals surface area contributed by atoms with Crippen molar-refractivity contribution in [3.8, 4) is 11.5 Å². The van der Waals surface area contributed by atoms with Crippen LogP contribution in [-0.4, -0.2) is 19.1 Å². The molecule has 4 nitrogen and oxygen atoms in total. The first-order valence-electron chi connectivity index (χ1n) is 6.86. The fourth-order valence-electron chi connectivity index (χ4n) is 2.22. The first kappa shape index (κ1) is 16.0. The van der Waals surface area contributed by atoms with Gasteiger partial charge in [0, 0.05) is 5.69 Å². The lowest BCUT2D eigenvalue weighted by Gasteiger charge is -2.18. The molecule has 1 aliphatic heterocycles. The summed E-state index contributed by atoms with van der Waals surface area (Å²) in [5, 5.41) is 2.49. The van der Waals surface area contributed by atoms with Crippen LogP contribution in [-0.2, 0) is 11.2 Å². The molecule has 0 bridgehead atoms. The second kappa shape index (κ2) is 6.69. The van der Waals surface area contributed by atoms with Crippen molar-refractivity contribution in [2.75, 3.05) is 18.5 Å². The van der Waals surface area contributed by atoms with E-state index < -0.39 is 11.6 Å². The van der Waals surface area contributed by atoms with Gasteiger partial charge in [0.1, 0.15) is 24.8 Å². The minimum absolute atomic E-state index is 0.0614. The maximum Gasteiger partial charge on any atom is 0.228 e. The Kier molecular flexibility index (Phi) is 4.65. The molecule has 23 heavy (non-hydrogen) atoms. The molecule has 7 heteroatoms. The van der Waals surface area contributed by atoms with Crippen LogP contribution >= 0.6 is 22.6 Å². The second-order valence-corrected chi connectivity index (χ2v) is 6.04. The number of hydrogen-bond acceptors (Lipinski definition) is 3. The van der Waals surface area contributed by atoms with Crippen LogP contribution < -0.4 is 14.8 Å². The zero-order chi connectivity index (χ0) is 16.4. The van der Waals surface area contributed by atoms with E-state index in [9.17, 15) is 13.6 Å². The van der Waals surface area contributed by atoms with Gasteiger partial charge in [0.15, 0.2) is 11.5 Å². The van der Waals surface area contributed by atoms with Gasteiger partial charge in [-0.05, 0) is 52.4 Å². The van der Waals surface area contributed by atoms with E-state index in [-0.39, 0.29) is 21.6 Å². The summed E-state index contributed by atoms with van der Waals surface area (Å²) in [6, 6.07) is 7.39. The monoisotopic (exact) mass is 431 g/mol. The lowest BCUT2D eigenvalue weighted by molar-refractivity contribution is -0.115. The number of anilines is 1. The van der Waals surface area contributed by atoms with Crippen LogP contribution in [0, 0.1) is 15.2 Å². The van der Waals surface area contributed by atoms with Gasteiger partial charge in [-0.25, -0.2) is 8.78 Å². The minimum atomic E-state index is -0.708. The van der Waals surface area contributed by atoms with Gasteiger partial charge in [-0.1, -0.05) is 6.07 Å². The van der Waals surface area contributed by atoms with Gasteiger partial charge in [0.05, 0.1) is 9.99 Å². The standard InChI is InChI=1S/C16H12F2INO3/c17-11-7-10(8-12(18)16(11)19)20-15(21)6-9-1-2-13-14(5-9)23-4-3-22-13/h1-2,5,7-8H,3-4,6H2,(H,20,21). The van der Waals surface area contributed by atoms with E-state index in [0.29, 0.717) is 24.7 Å². The number of carbonyl (C=O) groups is 1. The maximum absolute atomic E-state index is 13.5. The normalized spacial score (nSPS) is 12.8. The predicted molar refractivity (Wildman–Crippen MR) is 88.8 cm³/mol. The average Bonchev–Trinajstić information content (AvgIpc) is 2.52. The summed E-state index contributed by atoms with van der Waals surface area (Å²) < 4.78 is 37.7. The van der Waals surface area contributed by atoms with Crippen LogP contribution in [0.4, 0.5) is 14.5 Å². The van der Waals surface area contributed by atoms with E-state index >= 15 is 0 Å². The molecule has 0 spiro atoms. The number of carbonyl (C=O) groups excluding carboxylic acids is 1. The smallest absolute Gasteiger partial charge is 0.228 e. The lowest BCUT2D eigenvalue weighted by Crippen LogP contribution is -2.17. The van der Waals surface area contributed by atoms with Crippen molar-refractivity contribution in [1.29, 1.82) is 0 Å². The summed E-state index contributed by atoms with van der Waals surface area (Å²) in [5.41, 5.74) is 0.807. The molecule has 1 heterocycles. The molecule has 0 saturated heterocycles. The maximum atomic E-state index is 13.5. The topological polar surface area (TPSA) is 47.6 Å². The number of rotatable bonds is 3. The SMILES string of the molecule is O=C(Cc1ccc2c(c1)OCCO2)Nc1cc(F)c(I)c(F)c1. The van der Waals surface area contributed by atoms with E-state index in [2.05, 4.69) is 5.32 Å². The number of benzene rings is 2. The molecule has 0 radical (unpaired) electrons. The van der Waals surface area contributed by atoms with Crippen LogP contribution in [0.15, 0.2) is 30.3 Å². The summed E-state index contributed by atoms with van der Waals surface area (Å²) in [7, 11) is 0. The largest absolute Gasteiger partial charge is 0.486 e. The molecule has 1 aliphatic rings. The fraction of sp³-hybridized carbons (Fsp3) is 0.188. The third kappa shape index (κ3) is 3.72. The Labute approximate surface area is 144 Å². The molecule has 0 aromatic heterocycles. The summed E-state index contributed by atoms with van der Waals surface area (Å²) in [4.78, 5) is 12.0. The first-order valence-corrected chi connectivity index (χ1v) is 7.94. The third-order valence-corrected chi connectivity index (χ3v) is 4.27. The Bertz CT molecular complexity index is 744. The molecule has 3 rings (SSSR count). The summed E-state index contributed by atoms with van der Waals surface area (Å²) in [5.74, 6) is -0.558. The predicted octanol–water partition coefficient (Wildman–Crippen LogP) is 3.52. The first-order chi connectivity index (χ1) is 11.0. The van der Waals surface area contributed by atoms with Gasteiger partial charge in [-0.2, -0.15) is 0 Å². The van der Waals surface area contributed by atoms with Crippen LogP contribution in [0.2, 0.25) is 0 Å². The van der Waals surface area contributed by atoms with Crippen LogP contribution in [0.1, 0.15) is 5.56 Å². The number of fused-ring (bicyclic) bond motifs is 1. The van der Waals surface area contributed by atoms with Gasteiger partial charge >= 0.3 is 0 Å². The highest BCUT2D eigenvalue weighted by Gasteiger charge is 2.14. The van der Waals surface area contributed by atoms with Crippen LogP contribution in [0.3, 0.4) is 0 Å². The van der Waals surface area contributed by atoms with Gasteiger partial charge in [0.2, 0.25) is 5.91 Å². The minimum Gasteiger partial charge on any atom is -0.486 e. The molecule has 0 fully saturated rings. The molecular formula is C16H12F2INO3. The van der Waals surface area contributed by atoms with Crippen LogP contribution in [0.5, 0.6) is 11.5 Å². The zero-order valence-electron chi connectivity index (χ0n) is 11.9. The number of nitrogens with one attached hydrogen (secondary N) is 1. The molecule has 0 atom stereocenters. The fourth-order valence-corrected chi connectivity index (χ4v) is 2.53. The molecule has 2 aromatic carbocycles. The van der Waals surface area contributed by atoms with E-state index in [1.807, 2.05) is 0 Å². The van der Waals surface area contributed by atoms with Crippen molar-refractivity contribution in [2.24, 2.45) is 0 Å². The summed E-state index contributed by atoms with van der Waals surface area (Å²) in [6.07, 6.45) is 0.0614. The van der Waals surface area contributed by atoms with Crippen LogP contribution in [0.25, 0.3) is 0 Å².